The van der Waals surface area contributed by atoms with Gasteiger partial charge < -0.3 is 15.1 Å². The summed E-state index contributed by atoms with van der Waals surface area (Å²) in [6.07, 6.45) is 15.8. The summed E-state index contributed by atoms with van der Waals surface area (Å²) in [6, 6.07) is 0. The van der Waals surface area contributed by atoms with Crippen molar-refractivity contribution in [2.75, 3.05) is 6.61 Å². The van der Waals surface area contributed by atoms with Crippen LogP contribution in [0.2, 0.25) is 0 Å². The van der Waals surface area contributed by atoms with E-state index in [0.717, 1.165) is 57.1 Å². The molecule has 28 heavy (non-hydrogen) atoms. The minimum atomic E-state index is -1.01. The minimum Gasteiger partial charge on any atom is -0.479 e. The summed E-state index contributed by atoms with van der Waals surface area (Å²) in [5.41, 5.74) is 1.34. The second kappa shape index (κ2) is 6.62. The highest BCUT2D eigenvalue weighted by atomic mass is 16.6. The van der Waals surface area contributed by atoms with Crippen LogP contribution < -0.4 is 0 Å². The Labute approximate surface area is 167 Å². The molecule has 5 heteroatoms. The number of carboxylic acid groups (broad SMARTS) is 1. The molecule has 0 unspecified atom stereocenters. The summed E-state index contributed by atoms with van der Waals surface area (Å²) in [7, 11) is 0. The summed E-state index contributed by atoms with van der Waals surface area (Å²) in [5, 5.41) is 23.8. The summed E-state index contributed by atoms with van der Waals surface area (Å²) in [4.78, 5) is 15.6. The zero-order valence-corrected chi connectivity index (χ0v) is 16.9. The summed E-state index contributed by atoms with van der Waals surface area (Å²) in [6.45, 7) is 4.22. The molecule has 152 valence electrons. The topological polar surface area (TPSA) is 79.1 Å². The molecule has 0 aromatic rings. The Morgan fingerprint density at radius 3 is 2.71 bits per heavy atom. The number of aliphatic hydroxyl groups is 1. The molecule has 4 aliphatic carbocycles. The average molecular weight is 386 g/mol. The Bertz CT molecular complexity index is 780. The van der Waals surface area contributed by atoms with Gasteiger partial charge in [-0.25, -0.2) is 4.79 Å². The van der Waals surface area contributed by atoms with Crippen molar-refractivity contribution < 1.29 is 19.8 Å². The fourth-order valence-corrected chi connectivity index (χ4v) is 7.07. The average Bonchev–Trinajstić information content (AvgIpc) is 2.93. The van der Waals surface area contributed by atoms with Gasteiger partial charge in [-0.1, -0.05) is 30.5 Å². The number of hydrogen-bond acceptors (Lipinski definition) is 4. The smallest absolute Gasteiger partial charge is 0.344 e. The first-order chi connectivity index (χ1) is 13.2. The summed E-state index contributed by atoms with van der Waals surface area (Å²) in [5.74, 6) is 3.47. The van der Waals surface area contributed by atoms with Gasteiger partial charge in [0, 0.05) is 5.41 Å². The second-order valence-corrected chi connectivity index (χ2v) is 9.75. The van der Waals surface area contributed by atoms with Crippen molar-refractivity contribution in [2.45, 2.75) is 70.8 Å². The van der Waals surface area contributed by atoms with E-state index in [1.54, 1.807) is 0 Å². The van der Waals surface area contributed by atoms with Crippen LogP contribution in [0.15, 0.2) is 16.8 Å². The van der Waals surface area contributed by atoms with E-state index >= 15 is 0 Å². The molecular formula is C23H31NO4. The van der Waals surface area contributed by atoms with Crippen molar-refractivity contribution in [2.24, 2.45) is 33.7 Å². The molecule has 3 fully saturated rings. The molecule has 3 saturated carbocycles. The molecule has 0 spiro atoms. The molecule has 0 aliphatic heterocycles. The fraction of sp³-hybridized carbons (Fsp3) is 0.739. The molecule has 0 radical (unpaired) electrons. The van der Waals surface area contributed by atoms with Gasteiger partial charge in [0.05, 0.1) is 5.71 Å². The van der Waals surface area contributed by atoms with Crippen LogP contribution >= 0.6 is 0 Å². The van der Waals surface area contributed by atoms with Gasteiger partial charge in [-0.15, -0.1) is 6.42 Å². The Hall–Kier alpha value is -1.80. The summed E-state index contributed by atoms with van der Waals surface area (Å²) < 4.78 is 0. The zero-order chi connectivity index (χ0) is 20.2. The molecular weight excluding hydrogens is 354 g/mol. The highest BCUT2D eigenvalue weighted by molar-refractivity contribution is 5.96. The lowest BCUT2D eigenvalue weighted by molar-refractivity contribution is -0.142. The van der Waals surface area contributed by atoms with E-state index in [1.807, 2.05) is 0 Å². The number of rotatable bonds is 3. The van der Waals surface area contributed by atoms with Crippen molar-refractivity contribution >= 4 is 11.7 Å². The highest BCUT2D eigenvalue weighted by Gasteiger charge is 2.63. The number of allylic oxidation sites excluding steroid dienone is 2. The van der Waals surface area contributed by atoms with Crippen LogP contribution in [0, 0.1) is 40.9 Å². The summed E-state index contributed by atoms with van der Waals surface area (Å²) >= 11 is 0. The van der Waals surface area contributed by atoms with Crippen LogP contribution in [0.5, 0.6) is 0 Å². The normalized spacial score (nSPS) is 46.0. The molecule has 0 amide bonds. The van der Waals surface area contributed by atoms with E-state index in [-0.39, 0.29) is 10.8 Å². The fourth-order valence-electron chi connectivity index (χ4n) is 7.07. The number of oxime groups is 1. The van der Waals surface area contributed by atoms with Crippen molar-refractivity contribution in [3.63, 3.8) is 0 Å². The lowest BCUT2D eigenvalue weighted by atomic mass is 9.46. The number of terminal acetylenes is 1. The van der Waals surface area contributed by atoms with Crippen molar-refractivity contribution in [3.05, 3.63) is 11.6 Å². The molecule has 2 N–H and O–H groups in total. The first kappa shape index (κ1) is 19.5. The van der Waals surface area contributed by atoms with Crippen molar-refractivity contribution in [1.29, 1.82) is 0 Å². The molecule has 0 aromatic heterocycles. The molecule has 4 rings (SSSR count). The Morgan fingerprint density at radius 1 is 1.25 bits per heavy atom. The van der Waals surface area contributed by atoms with Gasteiger partial charge in [0.1, 0.15) is 5.60 Å². The first-order valence-corrected chi connectivity index (χ1v) is 10.6. The molecule has 0 bridgehead atoms. The van der Waals surface area contributed by atoms with E-state index < -0.39 is 18.2 Å². The number of carbonyl (C=O) groups is 1. The van der Waals surface area contributed by atoms with Gasteiger partial charge in [-0.2, -0.15) is 0 Å². The third-order valence-corrected chi connectivity index (χ3v) is 8.74. The monoisotopic (exact) mass is 385 g/mol. The lowest BCUT2D eigenvalue weighted by Gasteiger charge is -2.58. The molecule has 0 aromatic carbocycles. The largest absolute Gasteiger partial charge is 0.479 e. The number of fused-ring (bicyclic) bond motifs is 5. The van der Waals surface area contributed by atoms with Gasteiger partial charge in [-0.3, -0.25) is 0 Å². The number of carboxylic acids is 1. The van der Waals surface area contributed by atoms with Gasteiger partial charge >= 0.3 is 5.97 Å². The molecule has 0 saturated heterocycles. The Balaban J connectivity index is 1.57. The van der Waals surface area contributed by atoms with Crippen LogP contribution in [0.4, 0.5) is 0 Å². The lowest BCUT2D eigenvalue weighted by Crippen LogP contribution is -2.54. The molecule has 0 heterocycles. The van der Waals surface area contributed by atoms with Gasteiger partial charge in [0.25, 0.3) is 0 Å². The zero-order valence-electron chi connectivity index (χ0n) is 16.9. The van der Waals surface area contributed by atoms with Crippen molar-refractivity contribution in [3.8, 4) is 12.3 Å². The predicted octanol–water partition coefficient (Wildman–Crippen LogP) is 3.77. The van der Waals surface area contributed by atoms with Gasteiger partial charge in [-0.05, 0) is 80.6 Å². The number of nitrogens with zero attached hydrogens (tertiary/aromatic N) is 1. The number of aliphatic carboxylic acids is 1. The Kier molecular flexibility index (Phi) is 4.62. The van der Waals surface area contributed by atoms with Crippen LogP contribution in [0.25, 0.3) is 0 Å². The van der Waals surface area contributed by atoms with Crippen LogP contribution in [-0.4, -0.2) is 34.1 Å². The highest BCUT2D eigenvalue weighted by Crippen LogP contribution is 2.67. The van der Waals surface area contributed by atoms with Gasteiger partial charge in [0.15, 0.2) is 0 Å². The molecule has 6 atom stereocenters. The number of hydrogen-bond donors (Lipinski definition) is 2. The van der Waals surface area contributed by atoms with Crippen molar-refractivity contribution in [1.82, 2.24) is 0 Å². The standard InChI is InChI=1S/C23H31NO4/c1-4-23(27)12-9-19-17-6-5-15-13-16(24-28-14-20(25)26)7-10-21(15,2)18(17)8-11-22(19,23)3/h1,13,17-19,27H,5-12,14H2,2-3H3,(H,25,26)/b24-16-/t17-,18-,19-,21+,22+,23-/m1/s1. The van der Waals surface area contributed by atoms with E-state index in [0.29, 0.717) is 17.8 Å². The maximum absolute atomic E-state index is 11.1. The molecule has 5 nitrogen and oxygen atoms in total. The quantitative estimate of drug-likeness (QED) is 0.572. The third kappa shape index (κ3) is 2.72. The third-order valence-electron chi connectivity index (χ3n) is 8.74. The maximum Gasteiger partial charge on any atom is 0.344 e. The van der Waals surface area contributed by atoms with Gasteiger partial charge in [0.2, 0.25) is 6.61 Å². The molecule has 4 aliphatic rings. The predicted molar refractivity (Wildman–Crippen MR) is 107 cm³/mol. The Morgan fingerprint density at radius 2 is 2.00 bits per heavy atom. The van der Waals surface area contributed by atoms with E-state index in [2.05, 4.69) is 31.0 Å². The first-order valence-electron chi connectivity index (χ1n) is 10.6. The van der Waals surface area contributed by atoms with E-state index in [4.69, 9.17) is 16.4 Å². The van der Waals surface area contributed by atoms with Crippen LogP contribution in [0.1, 0.15) is 65.2 Å². The van der Waals surface area contributed by atoms with Crippen LogP contribution in [-0.2, 0) is 9.63 Å². The van der Waals surface area contributed by atoms with E-state index in [1.165, 1.54) is 5.57 Å². The second-order valence-electron chi connectivity index (χ2n) is 9.75. The maximum atomic E-state index is 11.1. The van der Waals surface area contributed by atoms with Crippen LogP contribution in [0.3, 0.4) is 0 Å². The van der Waals surface area contributed by atoms with E-state index in [9.17, 15) is 9.90 Å². The SMILES string of the molecule is C#C[C@@]1(O)CC[C@@H]2[C@@H]3CCC4=C/C(=N\OCC(=O)O)CC[C@]4(C)[C@@H]3CC[C@@]21C. The minimum absolute atomic E-state index is 0.160.